The molecule has 0 saturated heterocycles. The number of hydrogen-bond donors (Lipinski definition) is 2. The molecular formula is C11H15FN2O. The van der Waals surface area contributed by atoms with E-state index >= 15 is 0 Å². The zero-order chi connectivity index (χ0) is 11.3. The lowest BCUT2D eigenvalue weighted by molar-refractivity contribution is -0.117. The highest BCUT2D eigenvalue weighted by Gasteiger charge is 2.03. The third-order valence-electron chi connectivity index (χ3n) is 2.10. The number of carbonyl (C=O) groups is 1. The molecule has 3 nitrogen and oxygen atoms in total. The maximum absolute atomic E-state index is 12.1. The van der Waals surface area contributed by atoms with Crippen molar-refractivity contribution in [1.29, 1.82) is 0 Å². The van der Waals surface area contributed by atoms with Crippen molar-refractivity contribution in [3.05, 3.63) is 35.4 Å². The number of halogens is 1. The Kier molecular flexibility index (Phi) is 4.24. The van der Waals surface area contributed by atoms with Gasteiger partial charge in [0.05, 0.1) is 6.42 Å². The monoisotopic (exact) mass is 210 g/mol. The number of hydrogen-bond acceptors (Lipinski definition) is 2. The number of rotatable bonds is 5. The number of primary amides is 1. The third kappa shape index (κ3) is 4.08. The maximum atomic E-state index is 12.1. The molecule has 0 unspecified atom stereocenters. The zero-order valence-corrected chi connectivity index (χ0v) is 8.45. The van der Waals surface area contributed by atoms with Crippen LogP contribution in [0, 0.1) is 0 Å². The Morgan fingerprint density at radius 1 is 1.27 bits per heavy atom. The Labute approximate surface area is 88.3 Å². The van der Waals surface area contributed by atoms with E-state index in [0.717, 1.165) is 11.1 Å². The largest absolute Gasteiger partial charge is 0.369 e. The molecule has 0 aliphatic rings. The minimum atomic E-state index is -0.525. The van der Waals surface area contributed by atoms with E-state index in [2.05, 4.69) is 0 Å². The molecule has 0 radical (unpaired) electrons. The summed E-state index contributed by atoms with van der Waals surface area (Å²) < 4.78 is 12.1. The van der Waals surface area contributed by atoms with Gasteiger partial charge in [-0.3, -0.25) is 4.79 Å². The smallest absolute Gasteiger partial charge is 0.221 e. The summed E-state index contributed by atoms with van der Waals surface area (Å²) in [6, 6.07) is 6.85. The zero-order valence-electron chi connectivity index (χ0n) is 8.45. The molecule has 1 atom stereocenters. The van der Waals surface area contributed by atoms with Gasteiger partial charge >= 0.3 is 0 Å². The molecule has 0 aliphatic heterocycles. The van der Waals surface area contributed by atoms with Gasteiger partial charge in [0.25, 0.3) is 0 Å². The number of benzene rings is 1. The van der Waals surface area contributed by atoms with Crippen molar-refractivity contribution in [3.63, 3.8) is 0 Å². The fourth-order valence-corrected chi connectivity index (χ4v) is 1.35. The minimum absolute atomic E-state index is 0.232. The van der Waals surface area contributed by atoms with Crippen molar-refractivity contribution in [3.8, 4) is 0 Å². The van der Waals surface area contributed by atoms with Gasteiger partial charge in [0.2, 0.25) is 5.91 Å². The van der Waals surface area contributed by atoms with Gasteiger partial charge in [0.1, 0.15) is 6.67 Å². The van der Waals surface area contributed by atoms with Crippen molar-refractivity contribution in [2.45, 2.75) is 18.9 Å². The number of alkyl halides is 1. The van der Waals surface area contributed by atoms with Crippen LogP contribution in [0.1, 0.15) is 11.1 Å². The predicted octanol–water partition coefficient (Wildman–Crippen LogP) is 0.554. The molecule has 0 spiro atoms. The highest BCUT2D eigenvalue weighted by molar-refractivity contribution is 5.76. The van der Waals surface area contributed by atoms with Crippen LogP contribution in [0.15, 0.2) is 24.3 Å². The quantitative estimate of drug-likeness (QED) is 0.745. The van der Waals surface area contributed by atoms with Crippen LogP contribution in [-0.4, -0.2) is 18.6 Å². The van der Waals surface area contributed by atoms with Crippen LogP contribution in [0.4, 0.5) is 4.39 Å². The van der Waals surface area contributed by atoms with Crippen molar-refractivity contribution < 1.29 is 9.18 Å². The lowest BCUT2D eigenvalue weighted by atomic mass is 10.0. The second-order valence-electron chi connectivity index (χ2n) is 3.58. The topological polar surface area (TPSA) is 69.1 Å². The molecule has 0 bridgehead atoms. The van der Waals surface area contributed by atoms with E-state index in [4.69, 9.17) is 11.5 Å². The van der Waals surface area contributed by atoms with E-state index in [9.17, 15) is 9.18 Å². The maximum Gasteiger partial charge on any atom is 0.221 e. The summed E-state index contributed by atoms with van der Waals surface area (Å²) in [6.07, 6.45) is 0.739. The van der Waals surface area contributed by atoms with Gasteiger partial charge < -0.3 is 11.5 Å². The minimum Gasteiger partial charge on any atom is -0.369 e. The summed E-state index contributed by atoms with van der Waals surface area (Å²) in [4.78, 5) is 10.6. The van der Waals surface area contributed by atoms with Crippen LogP contribution in [0.25, 0.3) is 0 Å². The summed E-state index contributed by atoms with van der Waals surface area (Å²) in [6.45, 7) is -0.525. The molecule has 15 heavy (non-hydrogen) atoms. The van der Waals surface area contributed by atoms with E-state index in [1.165, 1.54) is 0 Å². The van der Waals surface area contributed by atoms with Crippen LogP contribution in [-0.2, 0) is 17.6 Å². The van der Waals surface area contributed by atoms with Crippen LogP contribution < -0.4 is 11.5 Å². The van der Waals surface area contributed by atoms with E-state index in [0.29, 0.717) is 6.42 Å². The van der Waals surface area contributed by atoms with Crippen molar-refractivity contribution in [2.24, 2.45) is 11.5 Å². The van der Waals surface area contributed by atoms with Crippen LogP contribution in [0.3, 0.4) is 0 Å². The Morgan fingerprint density at radius 2 is 1.80 bits per heavy atom. The fourth-order valence-electron chi connectivity index (χ4n) is 1.35. The molecular weight excluding hydrogens is 195 g/mol. The average molecular weight is 210 g/mol. The Bertz CT molecular complexity index is 324. The first-order valence-electron chi connectivity index (χ1n) is 4.79. The van der Waals surface area contributed by atoms with Gasteiger partial charge in [0.15, 0.2) is 0 Å². The van der Waals surface area contributed by atoms with Crippen LogP contribution >= 0.6 is 0 Å². The number of nitrogens with two attached hydrogens (primary N) is 2. The van der Waals surface area contributed by atoms with Gasteiger partial charge in [-0.2, -0.15) is 0 Å². The van der Waals surface area contributed by atoms with Gasteiger partial charge in [-0.05, 0) is 17.5 Å². The molecule has 4 heteroatoms. The van der Waals surface area contributed by atoms with Gasteiger partial charge in [-0.15, -0.1) is 0 Å². The molecule has 1 aromatic rings. The van der Waals surface area contributed by atoms with E-state index in [1.807, 2.05) is 24.3 Å². The summed E-state index contributed by atoms with van der Waals surface area (Å²) in [5, 5.41) is 0. The molecule has 0 aliphatic carbocycles. The lowest BCUT2D eigenvalue weighted by Crippen LogP contribution is -2.24. The first-order valence-corrected chi connectivity index (χ1v) is 4.79. The number of carbonyl (C=O) groups excluding carboxylic acids is 1. The molecule has 4 N–H and O–H groups in total. The summed E-state index contributed by atoms with van der Waals surface area (Å²) in [5.41, 5.74) is 12.4. The Balaban J connectivity index is 2.60. The molecule has 1 amide bonds. The van der Waals surface area contributed by atoms with Crippen LogP contribution in [0.2, 0.25) is 0 Å². The lowest BCUT2D eigenvalue weighted by Gasteiger charge is -2.07. The summed E-state index contributed by atoms with van der Waals surface area (Å²) >= 11 is 0. The van der Waals surface area contributed by atoms with Gasteiger partial charge in [-0.25, -0.2) is 4.39 Å². The Hall–Kier alpha value is -1.42. The summed E-state index contributed by atoms with van der Waals surface area (Å²) in [5.74, 6) is -0.358. The average Bonchev–Trinajstić information content (AvgIpc) is 2.20. The normalized spacial score (nSPS) is 12.4. The molecule has 1 aromatic carbocycles. The first-order chi connectivity index (χ1) is 7.11. The SMILES string of the molecule is NC(=O)Cc1ccc(C[C@H](N)CF)cc1. The highest BCUT2D eigenvalue weighted by atomic mass is 19.1. The molecule has 0 saturated carbocycles. The molecule has 0 fully saturated rings. The third-order valence-corrected chi connectivity index (χ3v) is 2.10. The molecule has 0 aromatic heterocycles. The second kappa shape index (κ2) is 5.46. The Morgan fingerprint density at radius 3 is 2.27 bits per heavy atom. The van der Waals surface area contributed by atoms with Crippen molar-refractivity contribution >= 4 is 5.91 Å². The highest BCUT2D eigenvalue weighted by Crippen LogP contribution is 2.07. The van der Waals surface area contributed by atoms with Crippen molar-refractivity contribution in [2.75, 3.05) is 6.67 Å². The standard InChI is InChI=1S/C11H15FN2O/c12-7-10(13)5-8-1-3-9(4-2-8)6-11(14)15/h1-4,10H,5-7,13H2,(H2,14,15)/t10-/m0/s1. The number of amides is 1. The molecule has 0 heterocycles. The van der Waals surface area contributed by atoms with E-state index < -0.39 is 12.7 Å². The summed E-state index contributed by atoms with van der Waals surface area (Å²) in [7, 11) is 0. The molecule has 1 rings (SSSR count). The molecule has 82 valence electrons. The van der Waals surface area contributed by atoms with Gasteiger partial charge in [0, 0.05) is 6.04 Å². The fraction of sp³-hybridized carbons (Fsp3) is 0.364. The van der Waals surface area contributed by atoms with Crippen molar-refractivity contribution in [1.82, 2.24) is 0 Å². The second-order valence-corrected chi connectivity index (χ2v) is 3.58. The first kappa shape index (κ1) is 11.7. The van der Waals surface area contributed by atoms with Crippen LogP contribution in [0.5, 0.6) is 0 Å². The van der Waals surface area contributed by atoms with E-state index in [1.54, 1.807) is 0 Å². The van der Waals surface area contributed by atoms with E-state index in [-0.39, 0.29) is 12.3 Å². The predicted molar refractivity (Wildman–Crippen MR) is 57.0 cm³/mol. The van der Waals surface area contributed by atoms with Gasteiger partial charge in [-0.1, -0.05) is 24.3 Å².